The van der Waals surface area contributed by atoms with Gasteiger partial charge in [0.2, 0.25) is 0 Å². The number of carbonyl (C=O) groups is 1. The lowest BCUT2D eigenvalue weighted by molar-refractivity contribution is -0.146. The fourth-order valence-electron chi connectivity index (χ4n) is 5.60. The molecule has 0 heterocycles. The van der Waals surface area contributed by atoms with Crippen molar-refractivity contribution in [1.82, 2.24) is 0 Å². The van der Waals surface area contributed by atoms with Crippen LogP contribution in [0.3, 0.4) is 0 Å². The van der Waals surface area contributed by atoms with E-state index in [4.69, 9.17) is 15.8 Å². The van der Waals surface area contributed by atoms with Crippen molar-refractivity contribution in [3.05, 3.63) is 33.8 Å². The standard InChI is InChI=1S/C22H33BBrNO4/c24-20-8-4-6-18-17(5-3-7-19(18)20)15-9-11-16(12-10-15)22(25,21(26)27)13-1-2-14-23(28)29/h4,6,8,15-17,28-29H,1-3,5,7,9-14,25H2,(H,26,27). The highest BCUT2D eigenvalue weighted by molar-refractivity contribution is 9.10. The van der Waals surface area contributed by atoms with Gasteiger partial charge < -0.3 is 20.9 Å². The fourth-order valence-corrected chi connectivity index (χ4v) is 6.18. The fraction of sp³-hybridized carbons (Fsp3) is 0.682. The lowest BCUT2D eigenvalue weighted by atomic mass is 9.64. The Kier molecular flexibility index (Phi) is 7.82. The number of hydrogen-bond donors (Lipinski definition) is 4. The highest BCUT2D eigenvalue weighted by Gasteiger charge is 2.44. The van der Waals surface area contributed by atoms with Gasteiger partial charge in [-0.15, -0.1) is 0 Å². The number of unbranched alkanes of at least 4 members (excludes halogenated alkanes) is 1. The summed E-state index contributed by atoms with van der Waals surface area (Å²) in [4.78, 5) is 12.0. The van der Waals surface area contributed by atoms with Crippen molar-refractivity contribution in [2.24, 2.45) is 17.6 Å². The molecule has 0 aliphatic heterocycles. The highest BCUT2D eigenvalue weighted by atomic mass is 79.9. The Hall–Kier alpha value is -0.885. The van der Waals surface area contributed by atoms with Crippen molar-refractivity contribution < 1.29 is 19.9 Å². The molecule has 2 aliphatic rings. The molecule has 29 heavy (non-hydrogen) atoms. The number of hydrogen-bond acceptors (Lipinski definition) is 4. The summed E-state index contributed by atoms with van der Waals surface area (Å²) in [5, 5.41) is 27.8. The quantitative estimate of drug-likeness (QED) is 0.341. The largest absolute Gasteiger partial charge is 0.480 e. The first-order chi connectivity index (χ1) is 13.8. The van der Waals surface area contributed by atoms with Gasteiger partial charge in [0.15, 0.2) is 0 Å². The molecule has 1 fully saturated rings. The van der Waals surface area contributed by atoms with Crippen LogP contribution in [0.25, 0.3) is 0 Å². The Balaban J connectivity index is 1.62. The number of nitrogens with two attached hydrogens (primary N) is 1. The van der Waals surface area contributed by atoms with E-state index in [0.717, 1.165) is 32.1 Å². The first-order valence-corrected chi connectivity index (χ1v) is 11.8. The molecule has 1 aromatic carbocycles. The van der Waals surface area contributed by atoms with E-state index in [2.05, 4.69) is 34.1 Å². The molecule has 3 rings (SSSR count). The monoisotopic (exact) mass is 465 g/mol. The summed E-state index contributed by atoms with van der Waals surface area (Å²) >= 11 is 3.71. The highest BCUT2D eigenvalue weighted by Crippen LogP contribution is 2.47. The lowest BCUT2D eigenvalue weighted by Gasteiger charge is -2.42. The molecular formula is C22H33BBrNO4. The molecule has 5 nitrogen and oxygen atoms in total. The summed E-state index contributed by atoms with van der Waals surface area (Å²) in [5.74, 6) is 0.237. The molecular weight excluding hydrogens is 433 g/mol. The number of fused-ring (bicyclic) bond motifs is 1. The molecule has 2 atom stereocenters. The van der Waals surface area contributed by atoms with Crippen LogP contribution >= 0.6 is 15.9 Å². The molecule has 0 spiro atoms. The van der Waals surface area contributed by atoms with Crippen LogP contribution in [0, 0.1) is 11.8 Å². The normalized spacial score (nSPS) is 26.4. The third kappa shape index (κ3) is 5.24. The molecule has 1 saturated carbocycles. The predicted octanol–water partition coefficient (Wildman–Crippen LogP) is 4.10. The summed E-state index contributed by atoms with van der Waals surface area (Å²) in [5.41, 5.74) is 8.15. The molecule has 0 amide bonds. The van der Waals surface area contributed by atoms with Gasteiger partial charge in [0.1, 0.15) is 5.54 Å². The van der Waals surface area contributed by atoms with Crippen LogP contribution in [0.1, 0.15) is 74.8 Å². The minimum absolute atomic E-state index is 0.0131. The molecule has 0 saturated heterocycles. The number of halogens is 1. The molecule has 2 unspecified atom stereocenters. The topological polar surface area (TPSA) is 104 Å². The summed E-state index contributed by atoms with van der Waals surface area (Å²) in [6, 6.07) is 6.53. The molecule has 7 heteroatoms. The van der Waals surface area contributed by atoms with Crippen LogP contribution < -0.4 is 5.73 Å². The van der Waals surface area contributed by atoms with Gasteiger partial charge in [-0.05, 0) is 92.6 Å². The van der Waals surface area contributed by atoms with E-state index in [1.807, 2.05) is 0 Å². The zero-order valence-electron chi connectivity index (χ0n) is 17.0. The van der Waals surface area contributed by atoms with E-state index in [1.54, 1.807) is 0 Å². The van der Waals surface area contributed by atoms with Crippen molar-refractivity contribution in [1.29, 1.82) is 0 Å². The van der Waals surface area contributed by atoms with Gasteiger partial charge in [-0.2, -0.15) is 0 Å². The first kappa shape index (κ1) is 22.8. The van der Waals surface area contributed by atoms with Gasteiger partial charge in [0.05, 0.1) is 0 Å². The van der Waals surface area contributed by atoms with Crippen LogP contribution in [0.15, 0.2) is 22.7 Å². The average Bonchev–Trinajstić information content (AvgIpc) is 2.71. The smallest absolute Gasteiger partial charge is 0.451 e. The third-order valence-electron chi connectivity index (χ3n) is 7.27. The number of carboxylic acid groups (broad SMARTS) is 1. The SMILES string of the molecule is NC(CCCCB(O)O)(C(=O)O)C1CCC(C2CCCc3c(Br)cccc32)CC1. The van der Waals surface area contributed by atoms with Gasteiger partial charge in [-0.3, -0.25) is 4.79 Å². The molecule has 2 aliphatic carbocycles. The maximum atomic E-state index is 12.0. The maximum absolute atomic E-state index is 12.0. The van der Waals surface area contributed by atoms with Gasteiger partial charge >= 0.3 is 13.1 Å². The second-order valence-electron chi connectivity index (χ2n) is 8.99. The molecule has 0 radical (unpaired) electrons. The number of carboxylic acids is 1. The van der Waals surface area contributed by atoms with Crippen molar-refractivity contribution >= 4 is 29.0 Å². The van der Waals surface area contributed by atoms with Crippen molar-refractivity contribution in [3.8, 4) is 0 Å². The van der Waals surface area contributed by atoms with Gasteiger partial charge in [-0.1, -0.05) is 40.9 Å². The first-order valence-electron chi connectivity index (χ1n) is 11.0. The zero-order chi connectivity index (χ0) is 21.0. The van der Waals surface area contributed by atoms with E-state index in [9.17, 15) is 9.90 Å². The predicted molar refractivity (Wildman–Crippen MR) is 119 cm³/mol. The van der Waals surface area contributed by atoms with E-state index >= 15 is 0 Å². The van der Waals surface area contributed by atoms with E-state index in [0.29, 0.717) is 31.1 Å². The Morgan fingerprint density at radius 3 is 2.55 bits per heavy atom. The molecule has 0 bridgehead atoms. The summed E-state index contributed by atoms with van der Waals surface area (Å²) in [6.07, 6.45) is 9.18. The van der Waals surface area contributed by atoms with E-state index in [1.165, 1.54) is 28.4 Å². The van der Waals surface area contributed by atoms with Crippen LogP contribution in [0.5, 0.6) is 0 Å². The second kappa shape index (κ2) is 9.95. The molecule has 160 valence electrons. The average molecular weight is 466 g/mol. The van der Waals surface area contributed by atoms with Crippen molar-refractivity contribution in [2.75, 3.05) is 0 Å². The van der Waals surface area contributed by atoms with Gasteiger partial charge in [0.25, 0.3) is 0 Å². The van der Waals surface area contributed by atoms with Gasteiger partial charge in [-0.25, -0.2) is 0 Å². The Morgan fingerprint density at radius 2 is 1.90 bits per heavy atom. The number of benzene rings is 1. The molecule has 1 aromatic rings. The Morgan fingerprint density at radius 1 is 1.17 bits per heavy atom. The van der Waals surface area contributed by atoms with E-state index < -0.39 is 18.6 Å². The number of rotatable bonds is 8. The Labute approximate surface area is 182 Å². The summed E-state index contributed by atoms with van der Waals surface area (Å²) in [6.45, 7) is 0. The van der Waals surface area contributed by atoms with Crippen LogP contribution in [-0.2, 0) is 11.2 Å². The Bertz CT molecular complexity index is 708. The van der Waals surface area contributed by atoms with Crippen LogP contribution in [0.2, 0.25) is 6.32 Å². The zero-order valence-corrected chi connectivity index (χ0v) is 18.6. The second-order valence-corrected chi connectivity index (χ2v) is 9.84. The van der Waals surface area contributed by atoms with Crippen molar-refractivity contribution in [3.63, 3.8) is 0 Å². The summed E-state index contributed by atoms with van der Waals surface area (Å²) in [7, 11) is -1.33. The molecule has 0 aromatic heterocycles. The lowest BCUT2D eigenvalue weighted by Crippen LogP contribution is -2.55. The van der Waals surface area contributed by atoms with Crippen LogP contribution in [-0.4, -0.2) is 33.8 Å². The number of aliphatic carboxylic acids is 1. The molecule has 5 N–H and O–H groups in total. The van der Waals surface area contributed by atoms with Crippen molar-refractivity contribution in [2.45, 2.75) is 82.0 Å². The third-order valence-corrected chi connectivity index (χ3v) is 8.01. The minimum atomic E-state index is -1.33. The van der Waals surface area contributed by atoms with Gasteiger partial charge in [0, 0.05) is 4.47 Å². The minimum Gasteiger partial charge on any atom is -0.480 e. The van der Waals surface area contributed by atoms with Crippen LogP contribution in [0.4, 0.5) is 0 Å². The maximum Gasteiger partial charge on any atom is 0.451 e. The van der Waals surface area contributed by atoms with E-state index in [-0.39, 0.29) is 12.2 Å². The summed E-state index contributed by atoms with van der Waals surface area (Å²) < 4.78 is 1.22.